The van der Waals surface area contributed by atoms with E-state index in [2.05, 4.69) is 27.0 Å². The van der Waals surface area contributed by atoms with Gasteiger partial charge in [-0.2, -0.15) is 4.31 Å². The topological polar surface area (TPSA) is 85.8 Å². The molecule has 2 aromatic rings. The van der Waals surface area contributed by atoms with Crippen molar-refractivity contribution in [3.05, 3.63) is 42.6 Å². The molecule has 3 heterocycles. The van der Waals surface area contributed by atoms with Crippen molar-refractivity contribution in [3.8, 4) is 0 Å². The predicted molar refractivity (Wildman–Crippen MR) is 132 cm³/mol. The molecule has 10 heteroatoms. The predicted octanol–water partition coefficient (Wildman–Crippen LogP) is 2.74. The lowest BCUT2D eigenvalue weighted by Crippen LogP contribution is -2.46. The number of anilines is 2. The Bertz CT molecular complexity index is 1030. The fourth-order valence-electron chi connectivity index (χ4n) is 4.10. The lowest BCUT2D eigenvalue weighted by molar-refractivity contribution is -0.113. The van der Waals surface area contributed by atoms with Crippen molar-refractivity contribution in [1.82, 2.24) is 14.2 Å². The fourth-order valence-corrected chi connectivity index (χ4v) is 6.20. The van der Waals surface area contributed by atoms with Gasteiger partial charge in [-0.05, 0) is 55.8 Å². The minimum atomic E-state index is -3.47. The zero-order valence-corrected chi connectivity index (χ0v) is 20.6. The first kappa shape index (κ1) is 24.0. The average molecular weight is 490 g/mol. The Kier molecular flexibility index (Phi) is 7.90. The van der Waals surface area contributed by atoms with Crippen LogP contribution in [0.15, 0.2) is 52.5 Å². The molecule has 0 bridgehead atoms. The summed E-state index contributed by atoms with van der Waals surface area (Å²) in [5, 5.41) is 3.53. The van der Waals surface area contributed by atoms with Gasteiger partial charge in [-0.1, -0.05) is 18.7 Å². The van der Waals surface area contributed by atoms with Crippen molar-refractivity contribution in [2.45, 2.75) is 29.7 Å². The quantitative estimate of drug-likeness (QED) is 0.571. The van der Waals surface area contributed by atoms with Crippen LogP contribution in [-0.2, 0) is 14.8 Å². The van der Waals surface area contributed by atoms with Gasteiger partial charge >= 0.3 is 0 Å². The van der Waals surface area contributed by atoms with Gasteiger partial charge in [0.25, 0.3) is 0 Å². The lowest BCUT2D eigenvalue weighted by Gasteiger charge is -2.35. The number of nitrogens with zero attached hydrogens (tertiary/aromatic N) is 4. The Balaban J connectivity index is 1.25. The molecule has 1 aromatic carbocycles. The van der Waals surface area contributed by atoms with Crippen molar-refractivity contribution >= 4 is 39.1 Å². The van der Waals surface area contributed by atoms with Gasteiger partial charge in [0.2, 0.25) is 15.9 Å². The highest BCUT2D eigenvalue weighted by Gasteiger charge is 2.27. The first-order valence-corrected chi connectivity index (χ1v) is 13.8. The van der Waals surface area contributed by atoms with E-state index in [9.17, 15) is 13.2 Å². The SMILES string of the molecule is CCN1CCN(c2ccc(NC(=O)CSc3ccc(S(=O)(=O)N4CCCC4)cn3)cc2)CC1. The van der Waals surface area contributed by atoms with Crippen LogP contribution in [0, 0.1) is 0 Å². The molecule has 2 aliphatic heterocycles. The summed E-state index contributed by atoms with van der Waals surface area (Å²) in [6.07, 6.45) is 3.18. The summed E-state index contributed by atoms with van der Waals surface area (Å²) in [5.74, 6) is 0.0752. The van der Waals surface area contributed by atoms with Gasteiger partial charge in [-0.15, -0.1) is 0 Å². The van der Waals surface area contributed by atoms with E-state index in [0.717, 1.165) is 51.3 Å². The van der Waals surface area contributed by atoms with Crippen molar-refractivity contribution in [3.63, 3.8) is 0 Å². The molecule has 1 aromatic heterocycles. The first-order chi connectivity index (χ1) is 16.0. The van der Waals surface area contributed by atoms with E-state index in [1.807, 2.05) is 24.3 Å². The van der Waals surface area contributed by atoms with Gasteiger partial charge in [-0.25, -0.2) is 13.4 Å². The molecule has 0 radical (unpaired) electrons. The zero-order chi connectivity index (χ0) is 23.3. The molecule has 0 spiro atoms. The molecule has 2 fully saturated rings. The summed E-state index contributed by atoms with van der Waals surface area (Å²) < 4.78 is 26.7. The molecule has 1 N–H and O–H groups in total. The number of thioether (sulfide) groups is 1. The lowest BCUT2D eigenvalue weighted by atomic mass is 10.2. The van der Waals surface area contributed by atoms with Crippen LogP contribution in [0.4, 0.5) is 11.4 Å². The number of hydrogen-bond acceptors (Lipinski definition) is 7. The summed E-state index contributed by atoms with van der Waals surface area (Å²) in [4.78, 5) is 21.6. The van der Waals surface area contributed by atoms with E-state index >= 15 is 0 Å². The second kappa shape index (κ2) is 10.9. The number of carbonyl (C=O) groups excluding carboxylic acids is 1. The fraction of sp³-hybridized carbons (Fsp3) is 0.478. The number of carbonyl (C=O) groups is 1. The Morgan fingerprint density at radius 2 is 1.70 bits per heavy atom. The summed E-state index contributed by atoms with van der Waals surface area (Å²) in [7, 11) is -3.47. The monoisotopic (exact) mass is 489 g/mol. The molecule has 0 saturated carbocycles. The maximum atomic E-state index is 12.6. The molecule has 2 aliphatic rings. The van der Waals surface area contributed by atoms with Crippen LogP contribution in [-0.4, -0.2) is 80.1 Å². The van der Waals surface area contributed by atoms with Gasteiger partial charge < -0.3 is 15.1 Å². The summed E-state index contributed by atoms with van der Waals surface area (Å²) in [5.41, 5.74) is 1.93. The number of amides is 1. The van der Waals surface area contributed by atoms with Crippen LogP contribution in [0.3, 0.4) is 0 Å². The number of benzene rings is 1. The standard InChI is InChI=1S/C23H31N5O3S2/c1-2-26-13-15-27(16-14-26)20-7-5-19(6-8-20)25-22(29)18-32-23-10-9-21(17-24-23)33(30,31)28-11-3-4-12-28/h5-10,17H,2-4,11-16,18H2,1H3,(H,25,29). The molecule has 178 valence electrons. The minimum absolute atomic E-state index is 0.125. The van der Waals surface area contributed by atoms with Crippen LogP contribution in [0.1, 0.15) is 19.8 Å². The van der Waals surface area contributed by atoms with E-state index < -0.39 is 10.0 Å². The number of sulfonamides is 1. The molecule has 4 rings (SSSR count). The number of rotatable bonds is 8. The average Bonchev–Trinajstić information content (AvgIpc) is 3.40. The Hall–Kier alpha value is -2.14. The van der Waals surface area contributed by atoms with Gasteiger partial charge in [0.1, 0.15) is 4.90 Å². The number of hydrogen-bond donors (Lipinski definition) is 1. The molecule has 0 aliphatic carbocycles. The number of nitrogens with one attached hydrogen (secondary N) is 1. The third-order valence-corrected chi connectivity index (χ3v) is 8.92. The number of aromatic nitrogens is 1. The van der Waals surface area contributed by atoms with Crippen LogP contribution in [0.25, 0.3) is 0 Å². The molecule has 8 nitrogen and oxygen atoms in total. The number of piperazine rings is 1. The molecule has 0 unspecified atom stereocenters. The van der Waals surface area contributed by atoms with Gasteiger partial charge in [0, 0.05) is 56.8 Å². The highest BCUT2D eigenvalue weighted by Crippen LogP contribution is 2.23. The van der Waals surface area contributed by atoms with Gasteiger partial charge in [-0.3, -0.25) is 4.79 Å². The van der Waals surface area contributed by atoms with Crippen LogP contribution < -0.4 is 10.2 Å². The van der Waals surface area contributed by atoms with Crippen molar-refractivity contribution in [2.75, 3.05) is 61.8 Å². The Morgan fingerprint density at radius 3 is 2.30 bits per heavy atom. The molecule has 1 amide bonds. The highest BCUT2D eigenvalue weighted by molar-refractivity contribution is 7.99. The van der Waals surface area contributed by atoms with E-state index in [4.69, 9.17) is 0 Å². The van der Waals surface area contributed by atoms with Crippen LogP contribution >= 0.6 is 11.8 Å². The molecular formula is C23H31N5O3S2. The van der Waals surface area contributed by atoms with E-state index in [1.165, 1.54) is 28.0 Å². The number of likely N-dealkylation sites (N-methyl/N-ethyl adjacent to an activating group) is 1. The summed E-state index contributed by atoms with van der Waals surface area (Å²) in [6, 6.07) is 11.2. The molecular weight excluding hydrogens is 458 g/mol. The van der Waals surface area contributed by atoms with Crippen LogP contribution in [0.5, 0.6) is 0 Å². The first-order valence-electron chi connectivity index (χ1n) is 11.4. The highest BCUT2D eigenvalue weighted by atomic mass is 32.2. The number of pyridine rings is 1. The molecule has 33 heavy (non-hydrogen) atoms. The zero-order valence-electron chi connectivity index (χ0n) is 18.9. The smallest absolute Gasteiger partial charge is 0.244 e. The molecule has 0 atom stereocenters. The van der Waals surface area contributed by atoms with Crippen LogP contribution in [0.2, 0.25) is 0 Å². The molecule has 2 saturated heterocycles. The van der Waals surface area contributed by atoms with Gasteiger partial charge in [0.05, 0.1) is 10.8 Å². The Labute approximate surface area is 200 Å². The maximum Gasteiger partial charge on any atom is 0.244 e. The van der Waals surface area contributed by atoms with Gasteiger partial charge in [0.15, 0.2) is 0 Å². The van der Waals surface area contributed by atoms with Crippen molar-refractivity contribution in [1.29, 1.82) is 0 Å². The third kappa shape index (κ3) is 6.06. The van der Waals surface area contributed by atoms with Crippen molar-refractivity contribution < 1.29 is 13.2 Å². The largest absolute Gasteiger partial charge is 0.369 e. The van der Waals surface area contributed by atoms with E-state index in [0.29, 0.717) is 18.1 Å². The summed E-state index contributed by atoms with van der Waals surface area (Å²) in [6.45, 7) is 8.59. The Morgan fingerprint density at radius 1 is 1.00 bits per heavy atom. The minimum Gasteiger partial charge on any atom is -0.369 e. The second-order valence-corrected chi connectivity index (χ2v) is 11.2. The normalized spacial score (nSPS) is 17.9. The van der Waals surface area contributed by atoms with E-state index in [-0.39, 0.29) is 16.6 Å². The maximum absolute atomic E-state index is 12.6. The summed E-state index contributed by atoms with van der Waals surface area (Å²) >= 11 is 1.28. The van der Waals surface area contributed by atoms with E-state index in [1.54, 1.807) is 12.1 Å². The third-order valence-electron chi connectivity index (χ3n) is 6.10. The second-order valence-electron chi connectivity index (χ2n) is 8.25. The van der Waals surface area contributed by atoms with Crippen molar-refractivity contribution in [2.24, 2.45) is 0 Å².